The second kappa shape index (κ2) is 4.41. The first-order chi connectivity index (χ1) is 8.15. The SMILES string of the molecule is CCn1c(N)nc(-c2ccccc2)c(C)c1=O. The second-order valence-electron chi connectivity index (χ2n) is 3.86. The molecule has 0 fully saturated rings. The first-order valence-electron chi connectivity index (χ1n) is 5.57. The van der Waals surface area contributed by atoms with Crippen molar-refractivity contribution in [2.45, 2.75) is 20.4 Å². The molecule has 0 amide bonds. The summed E-state index contributed by atoms with van der Waals surface area (Å²) < 4.78 is 1.47. The minimum absolute atomic E-state index is 0.0705. The first kappa shape index (κ1) is 11.4. The van der Waals surface area contributed by atoms with Gasteiger partial charge in [-0.15, -0.1) is 0 Å². The maximum absolute atomic E-state index is 12.1. The topological polar surface area (TPSA) is 60.9 Å². The van der Waals surface area contributed by atoms with Gasteiger partial charge in [0.1, 0.15) is 0 Å². The fourth-order valence-electron chi connectivity index (χ4n) is 1.85. The zero-order chi connectivity index (χ0) is 12.4. The van der Waals surface area contributed by atoms with Crippen LogP contribution in [0.3, 0.4) is 0 Å². The van der Waals surface area contributed by atoms with Gasteiger partial charge in [0.25, 0.3) is 5.56 Å². The molecule has 2 aromatic rings. The fraction of sp³-hybridized carbons (Fsp3) is 0.231. The second-order valence-corrected chi connectivity index (χ2v) is 3.86. The molecule has 0 atom stereocenters. The molecule has 1 aromatic carbocycles. The van der Waals surface area contributed by atoms with Crippen molar-refractivity contribution < 1.29 is 0 Å². The molecule has 0 aliphatic heterocycles. The summed E-state index contributed by atoms with van der Waals surface area (Å²) >= 11 is 0. The lowest BCUT2D eigenvalue weighted by Crippen LogP contribution is -2.26. The summed E-state index contributed by atoms with van der Waals surface area (Å²) in [6.07, 6.45) is 0. The lowest BCUT2D eigenvalue weighted by molar-refractivity contribution is 0.716. The van der Waals surface area contributed by atoms with Gasteiger partial charge in [-0.2, -0.15) is 0 Å². The number of nitrogen functional groups attached to an aromatic ring is 1. The normalized spacial score (nSPS) is 10.5. The zero-order valence-electron chi connectivity index (χ0n) is 9.97. The van der Waals surface area contributed by atoms with E-state index in [-0.39, 0.29) is 11.5 Å². The van der Waals surface area contributed by atoms with Crippen molar-refractivity contribution in [1.82, 2.24) is 9.55 Å². The summed E-state index contributed by atoms with van der Waals surface area (Å²) in [6.45, 7) is 4.19. The van der Waals surface area contributed by atoms with Crippen molar-refractivity contribution in [3.05, 3.63) is 46.2 Å². The number of hydrogen-bond donors (Lipinski definition) is 1. The van der Waals surface area contributed by atoms with Gasteiger partial charge in [0.15, 0.2) is 0 Å². The summed E-state index contributed by atoms with van der Waals surface area (Å²) in [7, 11) is 0. The Labute approximate surface area is 99.7 Å². The molecule has 17 heavy (non-hydrogen) atoms. The van der Waals surface area contributed by atoms with Crippen LogP contribution in [0.1, 0.15) is 12.5 Å². The third-order valence-corrected chi connectivity index (χ3v) is 2.79. The molecular formula is C13H15N3O. The van der Waals surface area contributed by atoms with Gasteiger partial charge in [0.05, 0.1) is 5.69 Å². The summed E-state index contributed by atoms with van der Waals surface area (Å²) in [4.78, 5) is 16.4. The Balaban J connectivity index is 2.70. The van der Waals surface area contributed by atoms with E-state index >= 15 is 0 Å². The highest BCUT2D eigenvalue weighted by Gasteiger charge is 2.11. The van der Waals surface area contributed by atoms with Crippen molar-refractivity contribution >= 4 is 5.95 Å². The highest BCUT2D eigenvalue weighted by atomic mass is 16.1. The molecule has 0 spiro atoms. The highest BCUT2D eigenvalue weighted by Crippen LogP contribution is 2.19. The molecular weight excluding hydrogens is 214 g/mol. The quantitative estimate of drug-likeness (QED) is 0.854. The zero-order valence-corrected chi connectivity index (χ0v) is 9.97. The Morgan fingerprint density at radius 3 is 2.53 bits per heavy atom. The van der Waals surface area contributed by atoms with Crippen LogP contribution in [-0.2, 0) is 6.54 Å². The van der Waals surface area contributed by atoms with Gasteiger partial charge in [0.2, 0.25) is 5.95 Å². The largest absolute Gasteiger partial charge is 0.369 e. The molecule has 0 saturated carbocycles. The van der Waals surface area contributed by atoms with Crippen LogP contribution in [0.4, 0.5) is 5.95 Å². The van der Waals surface area contributed by atoms with Gasteiger partial charge in [0, 0.05) is 17.7 Å². The van der Waals surface area contributed by atoms with Crippen LogP contribution in [-0.4, -0.2) is 9.55 Å². The van der Waals surface area contributed by atoms with Crippen LogP contribution in [0.2, 0.25) is 0 Å². The van der Waals surface area contributed by atoms with Gasteiger partial charge in [-0.3, -0.25) is 9.36 Å². The molecule has 88 valence electrons. The van der Waals surface area contributed by atoms with Gasteiger partial charge in [-0.1, -0.05) is 30.3 Å². The van der Waals surface area contributed by atoms with Gasteiger partial charge < -0.3 is 5.73 Å². The minimum Gasteiger partial charge on any atom is -0.369 e. The van der Waals surface area contributed by atoms with Gasteiger partial charge in [-0.05, 0) is 13.8 Å². The molecule has 2 rings (SSSR count). The molecule has 0 saturated heterocycles. The molecule has 0 bridgehead atoms. The van der Waals surface area contributed by atoms with E-state index in [1.165, 1.54) is 4.57 Å². The van der Waals surface area contributed by atoms with E-state index in [0.717, 1.165) is 5.56 Å². The molecule has 1 aromatic heterocycles. The van der Waals surface area contributed by atoms with Gasteiger partial charge in [-0.25, -0.2) is 4.98 Å². The molecule has 4 heteroatoms. The molecule has 1 heterocycles. The molecule has 2 N–H and O–H groups in total. The average molecular weight is 229 g/mol. The van der Waals surface area contributed by atoms with Crippen LogP contribution in [0.15, 0.2) is 35.1 Å². The first-order valence-corrected chi connectivity index (χ1v) is 5.57. The Kier molecular flexibility index (Phi) is 2.95. The lowest BCUT2D eigenvalue weighted by Gasteiger charge is -2.11. The van der Waals surface area contributed by atoms with Crippen LogP contribution in [0.5, 0.6) is 0 Å². The summed E-state index contributed by atoms with van der Waals surface area (Å²) in [5, 5.41) is 0. The maximum atomic E-state index is 12.1. The van der Waals surface area contributed by atoms with Crippen LogP contribution >= 0.6 is 0 Å². The minimum atomic E-state index is -0.0705. The number of anilines is 1. The van der Waals surface area contributed by atoms with Crippen molar-refractivity contribution in [3.8, 4) is 11.3 Å². The smallest absolute Gasteiger partial charge is 0.258 e. The predicted octanol–water partition coefficient (Wildman–Crippen LogP) is 1.82. The van der Waals surface area contributed by atoms with Crippen molar-refractivity contribution in [2.75, 3.05) is 5.73 Å². The van der Waals surface area contributed by atoms with E-state index in [1.54, 1.807) is 6.92 Å². The van der Waals surface area contributed by atoms with E-state index in [0.29, 0.717) is 17.8 Å². The summed E-state index contributed by atoms with van der Waals surface area (Å²) in [5.74, 6) is 0.266. The van der Waals surface area contributed by atoms with Gasteiger partial charge >= 0.3 is 0 Å². The Morgan fingerprint density at radius 1 is 1.29 bits per heavy atom. The number of nitrogens with zero attached hydrogens (tertiary/aromatic N) is 2. The number of rotatable bonds is 2. The van der Waals surface area contributed by atoms with Crippen molar-refractivity contribution in [3.63, 3.8) is 0 Å². The fourth-order valence-corrected chi connectivity index (χ4v) is 1.85. The number of nitrogens with two attached hydrogens (primary N) is 1. The Bertz CT molecular complexity index is 588. The highest BCUT2D eigenvalue weighted by molar-refractivity contribution is 5.63. The van der Waals surface area contributed by atoms with E-state index in [1.807, 2.05) is 37.3 Å². The Hall–Kier alpha value is -2.10. The van der Waals surface area contributed by atoms with E-state index in [9.17, 15) is 4.79 Å². The van der Waals surface area contributed by atoms with Crippen molar-refractivity contribution in [1.29, 1.82) is 0 Å². The standard InChI is InChI=1S/C13H15N3O/c1-3-16-12(17)9(2)11(15-13(16)14)10-7-5-4-6-8-10/h4-8H,3H2,1-2H3,(H2,14,15). The molecule has 0 aliphatic rings. The summed E-state index contributed by atoms with van der Waals surface area (Å²) in [5.41, 5.74) is 7.93. The number of benzene rings is 1. The Morgan fingerprint density at radius 2 is 1.94 bits per heavy atom. The third-order valence-electron chi connectivity index (χ3n) is 2.79. The number of aromatic nitrogens is 2. The molecule has 0 unspecified atom stereocenters. The monoisotopic (exact) mass is 229 g/mol. The van der Waals surface area contributed by atoms with Crippen LogP contribution < -0.4 is 11.3 Å². The van der Waals surface area contributed by atoms with Crippen LogP contribution in [0, 0.1) is 6.92 Å². The maximum Gasteiger partial charge on any atom is 0.258 e. The van der Waals surface area contributed by atoms with E-state index in [2.05, 4.69) is 4.98 Å². The number of hydrogen-bond acceptors (Lipinski definition) is 3. The average Bonchev–Trinajstić information content (AvgIpc) is 2.35. The molecule has 4 nitrogen and oxygen atoms in total. The van der Waals surface area contributed by atoms with Crippen LogP contribution in [0.25, 0.3) is 11.3 Å². The summed E-state index contributed by atoms with van der Waals surface area (Å²) in [6, 6.07) is 9.60. The lowest BCUT2D eigenvalue weighted by atomic mass is 10.1. The third kappa shape index (κ3) is 1.93. The predicted molar refractivity (Wildman–Crippen MR) is 68.8 cm³/mol. The van der Waals surface area contributed by atoms with E-state index in [4.69, 9.17) is 5.73 Å². The van der Waals surface area contributed by atoms with Crippen molar-refractivity contribution in [2.24, 2.45) is 0 Å². The molecule has 0 radical (unpaired) electrons. The molecule has 0 aliphatic carbocycles. The van der Waals surface area contributed by atoms with E-state index < -0.39 is 0 Å².